The second-order valence-electron chi connectivity index (χ2n) is 7.23. The first-order valence-electron chi connectivity index (χ1n) is 10.4. The van der Waals surface area contributed by atoms with Crippen LogP contribution in [-0.4, -0.2) is 6.54 Å². The largest absolute Gasteiger partial charge is 0.488 e. The molecule has 0 saturated carbocycles. The topological polar surface area (TPSA) is 21.3 Å². The summed E-state index contributed by atoms with van der Waals surface area (Å²) < 4.78 is 6.20. The normalized spacial score (nSPS) is 11.1. The van der Waals surface area contributed by atoms with Gasteiger partial charge in [-0.3, -0.25) is 0 Å². The van der Waals surface area contributed by atoms with Crippen molar-refractivity contribution in [3.8, 4) is 5.75 Å². The predicted molar refractivity (Wildman–Crippen MR) is 120 cm³/mol. The van der Waals surface area contributed by atoms with Gasteiger partial charge >= 0.3 is 0 Å². The lowest BCUT2D eigenvalue weighted by Gasteiger charge is -2.16. The second kappa shape index (κ2) is 11.1. The molecule has 3 aromatic carbocycles. The van der Waals surface area contributed by atoms with Crippen LogP contribution < -0.4 is 10.1 Å². The van der Waals surface area contributed by atoms with Crippen LogP contribution in [0, 0.1) is 0 Å². The summed E-state index contributed by atoms with van der Waals surface area (Å²) in [5.41, 5.74) is 2.23. The minimum atomic E-state index is 0.474. The van der Waals surface area contributed by atoms with Crippen molar-refractivity contribution >= 4 is 22.4 Å². The van der Waals surface area contributed by atoms with Crippen LogP contribution in [0.5, 0.6) is 5.75 Å². The van der Waals surface area contributed by atoms with E-state index in [-0.39, 0.29) is 0 Å². The molecular formula is C25H30ClNO. The lowest BCUT2D eigenvalue weighted by atomic mass is 10.0. The average Bonchev–Trinajstić information content (AvgIpc) is 2.73. The van der Waals surface area contributed by atoms with Gasteiger partial charge < -0.3 is 10.1 Å². The lowest BCUT2D eigenvalue weighted by molar-refractivity contribution is 0.303. The molecule has 28 heavy (non-hydrogen) atoms. The van der Waals surface area contributed by atoms with Gasteiger partial charge in [0.25, 0.3) is 0 Å². The highest BCUT2D eigenvalue weighted by molar-refractivity contribution is 6.31. The molecule has 0 atom stereocenters. The van der Waals surface area contributed by atoms with Gasteiger partial charge in [-0.1, -0.05) is 92.7 Å². The summed E-state index contributed by atoms with van der Waals surface area (Å²) in [4.78, 5) is 0. The number of rotatable bonds is 11. The molecular weight excluding hydrogens is 366 g/mol. The fraction of sp³-hybridized carbons (Fsp3) is 0.360. The molecule has 0 aromatic heterocycles. The zero-order chi connectivity index (χ0) is 19.6. The second-order valence-corrected chi connectivity index (χ2v) is 7.64. The van der Waals surface area contributed by atoms with Crippen molar-refractivity contribution < 1.29 is 4.74 Å². The Balaban J connectivity index is 1.69. The van der Waals surface area contributed by atoms with Crippen molar-refractivity contribution in [2.75, 3.05) is 6.54 Å². The molecule has 0 saturated heterocycles. The lowest BCUT2D eigenvalue weighted by Crippen LogP contribution is -2.16. The molecule has 0 unspecified atom stereocenters. The quantitative estimate of drug-likeness (QED) is 0.348. The monoisotopic (exact) mass is 395 g/mol. The molecule has 3 heteroatoms. The van der Waals surface area contributed by atoms with Crippen LogP contribution in [-0.2, 0) is 13.2 Å². The van der Waals surface area contributed by atoms with E-state index in [9.17, 15) is 0 Å². The maximum Gasteiger partial charge on any atom is 0.124 e. The van der Waals surface area contributed by atoms with Crippen molar-refractivity contribution in [2.45, 2.75) is 52.2 Å². The molecule has 148 valence electrons. The number of nitrogens with one attached hydrogen (secondary N) is 1. The van der Waals surface area contributed by atoms with E-state index in [2.05, 4.69) is 48.6 Å². The van der Waals surface area contributed by atoms with Crippen molar-refractivity contribution in [2.24, 2.45) is 0 Å². The number of hydrogen-bond acceptors (Lipinski definition) is 2. The van der Waals surface area contributed by atoms with Crippen LogP contribution in [0.25, 0.3) is 10.8 Å². The van der Waals surface area contributed by atoms with Crippen LogP contribution in [0.2, 0.25) is 5.02 Å². The van der Waals surface area contributed by atoms with Gasteiger partial charge in [0.2, 0.25) is 0 Å². The Morgan fingerprint density at radius 3 is 2.50 bits per heavy atom. The molecule has 3 aromatic rings. The maximum absolute atomic E-state index is 6.29. The molecule has 0 heterocycles. The molecule has 0 aliphatic carbocycles. The zero-order valence-electron chi connectivity index (χ0n) is 16.7. The van der Waals surface area contributed by atoms with Gasteiger partial charge in [0.15, 0.2) is 0 Å². The Morgan fingerprint density at radius 2 is 1.64 bits per heavy atom. The first-order valence-corrected chi connectivity index (χ1v) is 10.7. The number of benzene rings is 3. The minimum absolute atomic E-state index is 0.474. The number of halogens is 1. The van der Waals surface area contributed by atoms with E-state index >= 15 is 0 Å². The molecule has 1 N–H and O–H groups in total. The Morgan fingerprint density at radius 1 is 0.857 bits per heavy atom. The molecule has 3 rings (SSSR count). The highest BCUT2D eigenvalue weighted by Gasteiger charge is 2.10. The molecule has 0 fully saturated rings. The van der Waals surface area contributed by atoms with Gasteiger partial charge in [-0.25, -0.2) is 0 Å². The Bertz CT molecular complexity index is 877. The third-order valence-electron chi connectivity index (χ3n) is 5.10. The highest BCUT2D eigenvalue weighted by Crippen LogP contribution is 2.29. The van der Waals surface area contributed by atoms with Gasteiger partial charge in [-0.05, 0) is 35.9 Å². The summed E-state index contributed by atoms with van der Waals surface area (Å²) in [6.45, 7) is 4.58. The van der Waals surface area contributed by atoms with E-state index in [1.807, 2.05) is 24.3 Å². The Hall–Kier alpha value is -2.03. The van der Waals surface area contributed by atoms with Crippen molar-refractivity contribution in [1.29, 1.82) is 0 Å². The van der Waals surface area contributed by atoms with E-state index < -0.39 is 0 Å². The summed E-state index contributed by atoms with van der Waals surface area (Å²) in [6, 6.07) is 20.6. The molecule has 2 nitrogen and oxygen atoms in total. The fourth-order valence-electron chi connectivity index (χ4n) is 3.47. The van der Waals surface area contributed by atoms with Crippen molar-refractivity contribution in [3.05, 3.63) is 76.8 Å². The van der Waals surface area contributed by atoms with Gasteiger partial charge in [0.05, 0.1) is 0 Å². The molecule has 0 radical (unpaired) electrons. The fourth-order valence-corrected chi connectivity index (χ4v) is 3.66. The molecule has 0 spiro atoms. The van der Waals surface area contributed by atoms with E-state index in [1.165, 1.54) is 48.4 Å². The summed E-state index contributed by atoms with van der Waals surface area (Å²) in [7, 11) is 0. The summed E-state index contributed by atoms with van der Waals surface area (Å²) >= 11 is 6.29. The smallest absolute Gasteiger partial charge is 0.124 e. The Labute approximate surface area is 173 Å². The minimum Gasteiger partial charge on any atom is -0.488 e. The van der Waals surface area contributed by atoms with E-state index in [0.717, 1.165) is 29.4 Å². The van der Waals surface area contributed by atoms with E-state index in [1.54, 1.807) is 0 Å². The van der Waals surface area contributed by atoms with Crippen molar-refractivity contribution in [3.63, 3.8) is 0 Å². The van der Waals surface area contributed by atoms with Gasteiger partial charge in [0, 0.05) is 22.7 Å². The van der Waals surface area contributed by atoms with Crippen molar-refractivity contribution in [1.82, 2.24) is 5.32 Å². The number of unbranched alkanes of at least 4 members (excludes halogenated alkanes) is 4. The summed E-state index contributed by atoms with van der Waals surface area (Å²) in [5.74, 6) is 0.928. The third-order valence-corrected chi connectivity index (χ3v) is 5.47. The highest BCUT2D eigenvalue weighted by atomic mass is 35.5. The predicted octanol–water partition coefficient (Wildman–Crippen LogP) is 7.13. The first kappa shape index (κ1) is 20.7. The first-order chi connectivity index (χ1) is 13.8. The van der Waals surface area contributed by atoms with Gasteiger partial charge in [-0.15, -0.1) is 0 Å². The average molecular weight is 396 g/mol. The molecule has 0 bridgehead atoms. The van der Waals surface area contributed by atoms with Crippen LogP contribution >= 0.6 is 11.6 Å². The van der Waals surface area contributed by atoms with Crippen LogP contribution in [0.3, 0.4) is 0 Å². The number of fused-ring (bicyclic) bond motifs is 1. The molecule has 0 aliphatic rings. The SMILES string of the molecule is CCCCCCCNCc1c(OCc2ccccc2Cl)ccc2ccccc12. The Kier molecular flexibility index (Phi) is 8.20. The molecule has 0 amide bonds. The van der Waals surface area contributed by atoms with Gasteiger partial charge in [0.1, 0.15) is 12.4 Å². The third kappa shape index (κ3) is 5.73. The van der Waals surface area contributed by atoms with Crippen LogP contribution in [0.4, 0.5) is 0 Å². The standard InChI is InChI=1S/C25H30ClNO/c1-2-3-4-5-10-17-27-18-23-22-13-8-6-11-20(22)15-16-25(23)28-19-21-12-7-9-14-24(21)26/h6-9,11-16,27H,2-5,10,17-19H2,1H3. The van der Waals surface area contributed by atoms with E-state index in [4.69, 9.17) is 16.3 Å². The maximum atomic E-state index is 6.29. The molecule has 0 aliphatic heterocycles. The van der Waals surface area contributed by atoms with E-state index in [0.29, 0.717) is 6.61 Å². The number of ether oxygens (including phenoxy) is 1. The zero-order valence-corrected chi connectivity index (χ0v) is 17.5. The summed E-state index contributed by atoms with van der Waals surface area (Å²) in [5, 5.41) is 6.85. The number of hydrogen-bond donors (Lipinski definition) is 1. The van der Waals surface area contributed by atoms with Crippen LogP contribution in [0.15, 0.2) is 60.7 Å². The summed E-state index contributed by atoms with van der Waals surface area (Å²) in [6.07, 6.45) is 6.48. The van der Waals surface area contributed by atoms with Gasteiger partial charge in [-0.2, -0.15) is 0 Å². The van der Waals surface area contributed by atoms with Crippen LogP contribution in [0.1, 0.15) is 50.2 Å².